The molecule has 0 spiro atoms. The third-order valence-electron chi connectivity index (χ3n) is 0.337. The molecule has 0 heterocycles. The molecule has 0 aliphatic carbocycles. The molecular formula is C3H11NO3. The Morgan fingerprint density at radius 2 is 2.29 bits per heavy atom. The average molecular weight is 109 g/mol. The van der Waals surface area contributed by atoms with Crippen molar-refractivity contribution in [1.29, 1.82) is 0 Å². The first-order valence-corrected chi connectivity index (χ1v) is 1.70. The summed E-state index contributed by atoms with van der Waals surface area (Å²) < 4.78 is 4.43. The van der Waals surface area contributed by atoms with Crippen LogP contribution in [0.25, 0.3) is 0 Å². The number of nitrogens with two attached hydrogens (primary N) is 1. The highest BCUT2D eigenvalue weighted by Crippen LogP contribution is 1.66. The molecule has 5 N–H and O–H groups in total. The van der Waals surface area contributed by atoms with E-state index in [1.165, 1.54) is 7.11 Å². The summed E-state index contributed by atoms with van der Waals surface area (Å²) in [7, 11) is 1.48. The van der Waals surface area contributed by atoms with Crippen molar-refractivity contribution >= 4 is 0 Å². The molecule has 0 aliphatic rings. The van der Waals surface area contributed by atoms with Gasteiger partial charge in [-0.25, -0.2) is 0 Å². The standard InChI is InChI=1S/C3H9NO2.H2O/c1-6-2-3(4)5;/h3,5H,2,4H2,1H3;1H2. The number of hydrogen-bond donors (Lipinski definition) is 2. The van der Waals surface area contributed by atoms with Crippen molar-refractivity contribution in [1.82, 2.24) is 0 Å². The second-order valence-electron chi connectivity index (χ2n) is 1.02. The molecule has 4 heteroatoms. The lowest BCUT2D eigenvalue weighted by Crippen LogP contribution is -2.24. The summed E-state index contributed by atoms with van der Waals surface area (Å²) in [4.78, 5) is 0. The molecule has 0 fully saturated rings. The van der Waals surface area contributed by atoms with Gasteiger partial charge < -0.3 is 21.1 Å². The molecule has 0 aliphatic heterocycles. The molecule has 0 rings (SSSR count). The van der Waals surface area contributed by atoms with E-state index in [2.05, 4.69) is 4.74 Å². The van der Waals surface area contributed by atoms with Crippen LogP contribution in [0.3, 0.4) is 0 Å². The fourth-order valence-electron chi connectivity index (χ4n) is 0.171. The van der Waals surface area contributed by atoms with E-state index in [0.717, 1.165) is 0 Å². The number of aliphatic hydroxyl groups is 1. The van der Waals surface area contributed by atoms with Crippen LogP contribution < -0.4 is 5.73 Å². The van der Waals surface area contributed by atoms with Gasteiger partial charge in [0.1, 0.15) is 6.23 Å². The van der Waals surface area contributed by atoms with Crippen molar-refractivity contribution < 1.29 is 15.3 Å². The van der Waals surface area contributed by atoms with E-state index in [9.17, 15) is 0 Å². The first-order valence-electron chi connectivity index (χ1n) is 1.70. The highest BCUT2D eigenvalue weighted by atomic mass is 16.5. The van der Waals surface area contributed by atoms with Crippen LogP contribution in [-0.4, -0.2) is 30.5 Å². The lowest BCUT2D eigenvalue weighted by Gasteiger charge is -1.97. The Morgan fingerprint density at radius 1 is 1.86 bits per heavy atom. The smallest absolute Gasteiger partial charge is 0.126 e. The molecule has 7 heavy (non-hydrogen) atoms. The largest absolute Gasteiger partial charge is 0.412 e. The van der Waals surface area contributed by atoms with Crippen LogP contribution in [0.1, 0.15) is 0 Å². The molecule has 0 radical (unpaired) electrons. The monoisotopic (exact) mass is 109 g/mol. The highest BCUT2D eigenvalue weighted by Gasteiger charge is 1.87. The fraction of sp³-hybridized carbons (Fsp3) is 1.00. The van der Waals surface area contributed by atoms with Crippen molar-refractivity contribution in [2.75, 3.05) is 13.7 Å². The van der Waals surface area contributed by atoms with Crippen LogP contribution >= 0.6 is 0 Å². The summed E-state index contributed by atoms with van der Waals surface area (Å²) in [6, 6.07) is 0. The molecule has 46 valence electrons. The SMILES string of the molecule is COCC(N)O.O. The molecule has 0 aromatic carbocycles. The van der Waals surface area contributed by atoms with Gasteiger partial charge in [-0.05, 0) is 0 Å². The number of ether oxygens (including phenoxy) is 1. The van der Waals surface area contributed by atoms with Gasteiger partial charge in [0.2, 0.25) is 0 Å². The van der Waals surface area contributed by atoms with Gasteiger partial charge in [-0.2, -0.15) is 0 Å². The van der Waals surface area contributed by atoms with Crippen LogP contribution in [0.4, 0.5) is 0 Å². The van der Waals surface area contributed by atoms with Gasteiger partial charge in [0, 0.05) is 7.11 Å². The fourth-order valence-corrected chi connectivity index (χ4v) is 0.171. The molecule has 4 nitrogen and oxygen atoms in total. The van der Waals surface area contributed by atoms with Crippen molar-refractivity contribution in [2.24, 2.45) is 5.73 Å². The highest BCUT2D eigenvalue weighted by molar-refractivity contribution is 4.34. The van der Waals surface area contributed by atoms with Gasteiger partial charge in [-0.3, -0.25) is 0 Å². The van der Waals surface area contributed by atoms with Crippen LogP contribution in [0.5, 0.6) is 0 Å². The first kappa shape index (κ1) is 9.96. The normalized spacial score (nSPS) is 12.4. The summed E-state index contributed by atoms with van der Waals surface area (Å²) in [5.41, 5.74) is 4.83. The van der Waals surface area contributed by atoms with Crippen LogP contribution in [0.2, 0.25) is 0 Å². The van der Waals surface area contributed by atoms with Gasteiger partial charge >= 0.3 is 0 Å². The lowest BCUT2D eigenvalue weighted by molar-refractivity contribution is 0.0690. The van der Waals surface area contributed by atoms with E-state index in [-0.39, 0.29) is 12.1 Å². The van der Waals surface area contributed by atoms with Crippen molar-refractivity contribution in [3.63, 3.8) is 0 Å². The quantitative estimate of drug-likeness (QED) is 0.405. The zero-order valence-corrected chi connectivity index (χ0v) is 4.22. The molecule has 0 aromatic rings. The van der Waals surface area contributed by atoms with Gasteiger partial charge in [0.05, 0.1) is 6.61 Å². The summed E-state index contributed by atoms with van der Waals surface area (Å²) >= 11 is 0. The van der Waals surface area contributed by atoms with Crippen LogP contribution in [-0.2, 0) is 4.74 Å². The Labute approximate surface area is 42.2 Å². The Kier molecular flexibility index (Phi) is 8.31. The van der Waals surface area contributed by atoms with E-state index in [1.807, 2.05) is 0 Å². The molecule has 1 unspecified atom stereocenters. The minimum absolute atomic E-state index is 0. The average Bonchev–Trinajstić information content (AvgIpc) is 1.35. The minimum Gasteiger partial charge on any atom is -0.412 e. The second kappa shape index (κ2) is 5.84. The third kappa shape index (κ3) is 10.7. The molecular weight excluding hydrogens is 98.0 g/mol. The maximum Gasteiger partial charge on any atom is 0.126 e. The van der Waals surface area contributed by atoms with Crippen molar-refractivity contribution in [3.05, 3.63) is 0 Å². The zero-order valence-electron chi connectivity index (χ0n) is 4.22. The van der Waals surface area contributed by atoms with Crippen molar-refractivity contribution in [3.8, 4) is 0 Å². The van der Waals surface area contributed by atoms with Gasteiger partial charge in [0.25, 0.3) is 0 Å². The number of aliphatic hydroxyl groups excluding tert-OH is 1. The molecule has 0 saturated heterocycles. The topological polar surface area (TPSA) is 87.0 Å². The predicted molar refractivity (Wildman–Crippen MR) is 25.7 cm³/mol. The molecule has 0 saturated carbocycles. The lowest BCUT2D eigenvalue weighted by atomic mass is 10.7. The third-order valence-corrected chi connectivity index (χ3v) is 0.337. The first-order chi connectivity index (χ1) is 2.77. The summed E-state index contributed by atoms with van der Waals surface area (Å²) in [6.45, 7) is 0.208. The van der Waals surface area contributed by atoms with E-state index in [1.54, 1.807) is 0 Å². The Bertz CT molecular complexity index is 31.4. The number of rotatable bonds is 2. The number of methoxy groups -OCH3 is 1. The zero-order chi connectivity index (χ0) is 4.99. The van der Waals surface area contributed by atoms with Gasteiger partial charge in [-0.1, -0.05) is 0 Å². The second-order valence-corrected chi connectivity index (χ2v) is 1.02. The van der Waals surface area contributed by atoms with E-state index in [4.69, 9.17) is 10.8 Å². The molecule has 0 bridgehead atoms. The maximum atomic E-state index is 8.21. The van der Waals surface area contributed by atoms with E-state index < -0.39 is 6.23 Å². The molecule has 1 atom stereocenters. The van der Waals surface area contributed by atoms with Crippen LogP contribution in [0, 0.1) is 0 Å². The van der Waals surface area contributed by atoms with Gasteiger partial charge in [-0.15, -0.1) is 0 Å². The van der Waals surface area contributed by atoms with E-state index >= 15 is 0 Å². The van der Waals surface area contributed by atoms with Crippen LogP contribution in [0.15, 0.2) is 0 Å². The Balaban J connectivity index is 0. The number of hydrogen-bond acceptors (Lipinski definition) is 3. The van der Waals surface area contributed by atoms with Crippen molar-refractivity contribution in [2.45, 2.75) is 6.23 Å². The van der Waals surface area contributed by atoms with E-state index in [0.29, 0.717) is 0 Å². The minimum atomic E-state index is -0.824. The summed E-state index contributed by atoms with van der Waals surface area (Å²) in [5, 5.41) is 8.21. The van der Waals surface area contributed by atoms with Gasteiger partial charge in [0.15, 0.2) is 0 Å². The Morgan fingerprint density at radius 3 is 2.29 bits per heavy atom. The summed E-state index contributed by atoms with van der Waals surface area (Å²) in [6.07, 6.45) is -0.824. The Hall–Kier alpha value is -0.160. The maximum absolute atomic E-state index is 8.21. The summed E-state index contributed by atoms with van der Waals surface area (Å²) in [5.74, 6) is 0. The molecule has 0 aromatic heterocycles. The molecule has 0 amide bonds. The predicted octanol–water partition coefficient (Wildman–Crippen LogP) is -1.91.